The van der Waals surface area contributed by atoms with E-state index in [1.165, 1.54) is 7.11 Å². The van der Waals surface area contributed by atoms with Crippen LogP contribution in [0.25, 0.3) is 0 Å². The molecule has 0 saturated carbocycles. The molecule has 17 heteroatoms. The summed E-state index contributed by atoms with van der Waals surface area (Å²) in [5, 5.41) is 26.1. The molecule has 346 valence electrons. The maximum Gasteiger partial charge on any atom is 0.408 e. The fourth-order valence-electron chi connectivity index (χ4n) is 5.60. The standard InChI is InChI=1S/C24H28N4O4.C21H22N4O4.C2H6.CH4O/c1-24(2,3)32-23(30)25-21(22(29)31-17-19-12-8-5-9-13-19)14-20-16-28(27-26-20)15-18-10-6-4-7-11-18;1-27-29-16-22-20(21(26)28-15-18-10-6-3-7-11-18)12-19-14-25(24-23-19)13-17-8-4-2-5-9-17;2*1-2/h4-13,16,21H,14-15,17H2,1-3H3,(H,25,30);2-11,14,16,20H,12-13,15H2,1H3;1-2H3;2H,1H3/t21-;20-;;/m00../s1. The predicted octanol–water partition coefficient (Wildman–Crippen LogP) is 6.73. The van der Waals surface area contributed by atoms with Crippen LogP contribution in [0.3, 0.4) is 0 Å². The molecular weight excluding hydrogens is 833 g/mol. The molecular formula is C48H60N8O9. The molecule has 0 radical (unpaired) electrons. The van der Waals surface area contributed by atoms with Crippen molar-refractivity contribution >= 4 is 24.4 Å². The van der Waals surface area contributed by atoms with Gasteiger partial charge >= 0.3 is 18.0 Å². The van der Waals surface area contributed by atoms with Gasteiger partial charge in [0, 0.05) is 32.3 Å². The number of aliphatic hydroxyl groups excluding tert-OH is 1. The number of aliphatic hydroxyl groups is 1. The summed E-state index contributed by atoms with van der Waals surface area (Å²) in [7, 11) is 2.35. The molecule has 6 aromatic rings. The van der Waals surface area contributed by atoms with Gasteiger partial charge in [0.05, 0.1) is 31.6 Å². The molecule has 1 amide bonds. The van der Waals surface area contributed by atoms with Gasteiger partial charge in [-0.05, 0) is 43.0 Å². The number of nitrogens with zero attached hydrogens (tertiary/aromatic N) is 7. The molecule has 0 aliphatic rings. The molecule has 0 unspecified atom stereocenters. The van der Waals surface area contributed by atoms with E-state index in [0.717, 1.165) is 35.8 Å². The molecule has 2 atom stereocenters. The largest absolute Gasteiger partial charge is 0.459 e. The fraction of sp³-hybridized carbons (Fsp3) is 0.333. The Balaban J connectivity index is 0.000000322. The number of hydrogen-bond donors (Lipinski definition) is 2. The average molecular weight is 893 g/mol. The second kappa shape index (κ2) is 29.2. The van der Waals surface area contributed by atoms with Gasteiger partial charge in [-0.3, -0.25) is 0 Å². The zero-order valence-corrected chi connectivity index (χ0v) is 38.0. The van der Waals surface area contributed by atoms with Gasteiger partial charge in [-0.1, -0.05) is 146 Å². The molecule has 0 fully saturated rings. The van der Waals surface area contributed by atoms with Gasteiger partial charge in [0.15, 0.2) is 6.04 Å². The van der Waals surface area contributed by atoms with Crippen LogP contribution in [0.4, 0.5) is 4.79 Å². The van der Waals surface area contributed by atoms with Crippen molar-refractivity contribution in [1.82, 2.24) is 35.3 Å². The smallest absolute Gasteiger partial charge is 0.408 e. The lowest BCUT2D eigenvalue weighted by molar-refractivity contribution is -0.188. The van der Waals surface area contributed by atoms with Crippen LogP contribution in [-0.2, 0) is 72.7 Å². The summed E-state index contributed by atoms with van der Waals surface area (Å²) in [4.78, 5) is 50.8. The Morgan fingerprint density at radius 3 is 1.51 bits per heavy atom. The van der Waals surface area contributed by atoms with Crippen molar-refractivity contribution in [2.75, 3.05) is 14.2 Å². The molecule has 17 nitrogen and oxygen atoms in total. The van der Waals surface area contributed by atoms with Crippen molar-refractivity contribution in [3.05, 3.63) is 167 Å². The highest BCUT2D eigenvalue weighted by Crippen LogP contribution is 2.12. The predicted molar refractivity (Wildman–Crippen MR) is 244 cm³/mol. The van der Waals surface area contributed by atoms with Crippen LogP contribution in [0.2, 0.25) is 0 Å². The highest BCUT2D eigenvalue weighted by molar-refractivity contribution is 5.81. The van der Waals surface area contributed by atoms with Crippen LogP contribution in [-0.4, -0.2) is 91.4 Å². The van der Waals surface area contributed by atoms with Crippen LogP contribution in [0.1, 0.15) is 68.3 Å². The zero-order chi connectivity index (χ0) is 47.3. The summed E-state index contributed by atoms with van der Waals surface area (Å²) in [6.45, 7) is 10.7. The SMILES string of the molecule is CC.CC(C)(C)OC(=O)N[C@@H](Cc1cn(Cc2ccccc2)nn1)C(=O)OCc1ccccc1.CO.COOC=N[C@@H](Cc1cn(Cc2ccccc2)nn1)C(=O)OCc1ccccc1. The van der Waals surface area contributed by atoms with Crippen LogP contribution in [0.5, 0.6) is 0 Å². The number of alkyl carbamates (subject to hydrolysis) is 1. The first-order valence-corrected chi connectivity index (χ1v) is 21.0. The van der Waals surface area contributed by atoms with E-state index in [2.05, 4.69) is 40.7 Å². The number of nitrogens with one attached hydrogen (secondary N) is 1. The highest BCUT2D eigenvalue weighted by atomic mass is 17.2. The van der Waals surface area contributed by atoms with Gasteiger partial charge in [0.25, 0.3) is 0 Å². The molecule has 0 saturated heterocycles. The average Bonchev–Trinajstić information content (AvgIpc) is 3.97. The van der Waals surface area contributed by atoms with E-state index in [-0.39, 0.29) is 26.1 Å². The minimum Gasteiger partial charge on any atom is -0.459 e. The van der Waals surface area contributed by atoms with Gasteiger partial charge in [-0.15, -0.1) is 10.2 Å². The Hall–Kier alpha value is -7.24. The van der Waals surface area contributed by atoms with Gasteiger partial charge in [0.2, 0.25) is 6.40 Å². The maximum absolute atomic E-state index is 12.8. The number of carbonyl (C=O) groups is 3. The number of carbonyl (C=O) groups excluding carboxylic acids is 3. The second-order valence-electron chi connectivity index (χ2n) is 14.6. The summed E-state index contributed by atoms with van der Waals surface area (Å²) in [6.07, 6.45) is 4.27. The van der Waals surface area contributed by atoms with E-state index in [0.29, 0.717) is 24.5 Å². The molecule has 0 aliphatic heterocycles. The fourth-order valence-corrected chi connectivity index (χ4v) is 5.60. The number of esters is 2. The van der Waals surface area contributed by atoms with E-state index >= 15 is 0 Å². The summed E-state index contributed by atoms with van der Waals surface area (Å²) in [6, 6.07) is 36.8. The number of rotatable bonds is 18. The molecule has 2 N–H and O–H groups in total. The summed E-state index contributed by atoms with van der Waals surface area (Å²) in [5.74, 6) is -1.06. The number of benzene rings is 4. The van der Waals surface area contributed by atoms with Crippen molar-refractivity contribution in [1.29, 1.82) is 0 Å². The van der Waals surface area contributed by atoms with Crippen molar-refractivity contribution in [3.8, 4) is 0 Å². The first-order chi connectivity index (χ1) is 31.5. The Kier molecular flexibility index (Phi) is 23.4. The Morgan fingerprint density at radius 1 is 0.662 bits per heavy atom. The summed E-state index contributed by atoms with van der Waals surface area (Å²) in [5.41, 5.74) is 4.41. The van der Waals surface area contributed by atoms with E-state index in [4.69, 9.17) is 19.3 Å². The lowest BCUT2D eigenvalue weighted by Crippen LogP contribution is -2.45. The van der Waals surface area contributed by atoms with Crippen molar-refractivity contribution < 1.29 is 43.5 Å². The minimum absolute atomic E-state index is 0.104. The molecule has 2 heterocycles. The third-order valence-corrected chi connectivity index (χ3v) is 8.44. The Labute approximate surface area is 380 Å². The number of amides is 1. The molecule has 0 spiro atoms. The quantitative estimate of drug-likeness (QED) is 0.0230. The maximum atomic E-state index is 12.8. The zero-order valence-electron chi connectivity index (χ0n) is 38.0. The third-order valence-electron chi connectivity index (χ3n) is 8.44. The van der Waals surface area contributed by atoms with E-state index < -0.39 is 35.7 Å². The number of hydrogen-bond acceptors (Lipinski definition) is 14. The van der Waals surface area contributed by atoms with Gasteiger partial charge in [-0.25, -0.2) is 28.7 Å². The Bertz CT molecular complexity index is 2250. The van der Waals surface area contributed by atoms with Gasteiger partial charge < -0.3 is 29.5 Å². The van der Waals surface area contributed by atoms with Crippen LogP contribution in [0, 0.1) is 0 Å². The van der Waals surface area contributed by atoms with Crippen LogP contribution >= 0.6 is 0 Å². The Morgan fingerprint density at radius 2 is 1.08 bits per heavy atom. The van der Waals surface area contributed by atoms with Crippen molar-refractivity contribution in [3.63, 3.8) is 0 Å². The minimum atomic E-state index is -0.963. The second-order valence-corrected chi connectivity index (χ2v) is 14.6. The monoisotopic (exact) mass is 892 g/mol. The first-order valence-electron chi connectivity index (χ1n) is 21.0. The number of aromatic nitrogens is 6. The topological polar surface area (TPSA) is 203 Å². The molecule has 0 aliphatic carbocycles. The normalized spacial score (nSPS) is 11.5. The van der Waals surface area contributed by atoms with Crippen LogP contribution in [0.15, 0.2) is 139 Å². The van der Waals surface area contributed by atoms with Crippen molar-refractivity contribution in [2.24, 2.45) is 4.99 Å². The number of ether oxygens (including phenoxy) is 3. The number of aliphatic imine (C=N–C) groups is 1. The summed E-state index contributed by atoms with van der Waals surface area (Å²) >= 11 is 0. The molecule has 0 bridgehead atoms. The first kappa shape index (κ1) is 52.1. The highest BCUT2D eigenvalue weighted by Gasteiger charge is 2.27. The molecule has 65 heavy (non-hydrogen) atoms. The van der Waals surface area contributed by atoms with Crippen LogP contribution < -0.4 is 5.32 Å². The van der Waals surface area contributed by atoms with E-state index in [9.17, 15) is 14.4 Å². The lowest BCUT2D eigenvalue weighted by atomic mass is 10.1. The van der Waals surface area contributed by atoms with Gasteiger partial charge in [0.1, 0.15) is 24.9 Å². The van der Waals surface area contributed by atoms with Gasteiger partial charge in [-0.2, -0.15) is 4.89 Å². The molecule has 2 aromatic heterocycles. The van der Waals surface area contributed by atoms with E-state index in [1.807, 2.05) is 135 Å². The molecule has 4 aromatic carbocycles. The third kappa shape index (κ3) is 20.7. The molecule has 6 rings (SSSR count). The summed E-state index contributed by atoms with van der Waals surface area (Å²) < 4.78 is 19.5. The van der Waals surface area contributed by atoms with E-state index in [1.54, 1.807) is 42.5 Å². The lowest BCUT2D eigenvalue weighted by Gasteiger charge is -2.22. The van der Waals surface area contributed by atoms with Crippen molar-refractivity contribution in [2.45, 2.75) is 91.4 Å².